The molecule has 0 spiro atoms. The Morgan fingerprint density at radius 3 is 2.50 bits per heavy atom. The van der Waals surface area contributed by atoms with Crippen molar-refractivity contribution in [2.24, 2.45) is 0 Å². The van der Waals surface area contributed by atoms with E-state index in [1.54, 1.807) is 20.0 Å². The first-order chi connectivity index (χ1) is 13.1. The molecular formula is C17H26N4O5S2. The third kappa shape index (κ3) is 4.37. The maximum Gasteiger partial charge on any atom is 0.244 e. The van der Waals surface area contributed by atoms with E-state index < -0.39 is 25.9 Å². The zero-order valence-electron chi connectivity index (χ0n) is 16.1. The minimum atomic E-state index is -3.59. The molecule has 0 N–H and O–H groups in total. The number of carbonyl (C=O) groups excluding carboxylic acids is 1. The summed E-state index contributed by atoms with van der Waals surface area (Å²) in [5.41, 5.74) is 0. The molecule has 1 aromatic heterocycles. The van der Waals surface area contributed by atoms with Gasteiger partial charge < -0.3 is 4.90 Å². The Kier molecular flexibility index (Phi) is 6.08. The summed E-state index contributed by atoms with van der Waals surface area (Å²) in [6.07, 6.45) is 3.32. The fourth-order valence-electron chi connectivity index (χ4n) is 3.69. The van der Waals surface area contributed by atoms with Crippen LogP contribution in [0.3, 0.4) is 0 Å². The maximum atomic E-state index is 12.8. The molecule has 2 aliphatic rings. The van der Waals surface area contributed by atoms with Crippen molar-refractivity contribution in [3.8, 4) is 0 Å². The summed E-state index contributed by atoms with van der Waals surface area (Å²) in [5, 5.41) is 0. The Morgan fingerprint density at radius 2 is 1.96 bits per heavy atom. The number of aromatic nitrogens is 1. The van der Waals surface area contributed by atoms with Crippen molar-refractivity contribution in [2.75, 3.05) is 44.7 Å². The second-order valence-corrected chi connectivity index (χ2v) is 11.5. The Labute approximate surface area is 166 Å². The first kappa shape index (κ1) is 21.2. The zero-order chi connectivity index (χ0) is 20.5. The number of amides is 1. The minimum Gasteiger partial charge on any atom is -0.340 e. The number of pyridine rings is 1. The van der Waals surface area contributed by atoms with Gasteiger partial charge >= 0.3 is 0 Å². The highest BCUT2D eigenvalue weighted by atomic mass is 32.2. The molecule has 3 heterocycles. The first-order valence-corrected chi connectivity index (χ1v) is 12.5. The number of hydrogen-bond donors (Lipinski definition) is 0. The Hall–Kier alpha value is -1.56. The molecule has 11 heteroatoms. The summed E-state index contributed by atoms with van der Waals surface area (Å²) >= 11 is 0. The molecule has 9 nitrogen and oxygen atoms in total. The molecule has 2 fully saturated rings. The molecule has 2 atom stereocenters. The summed E-state index contributed by atoms with van der Waals surface area (Å²) in [4.78, 5) is 20.3. The van der Waals surface area contributed by atoms with E-state index in [1.165, 1.54) is 27.7 Å². The van der Waals surface area contributed by atoms with Gasteiger partial charge in [-0.15, -0.1) is 0 Å². The molecule has 0 aromatic carbocycles. The lowest BCUT2D eigenvalue weighted by molar-refractivity contribution is -0.137. The molecule has 2 aliphatic heterocycles. The Balaban J connectivity index is 1.59. The summed E-state index contributed by atoms with van der Waals surface area (Å²) in [5.74, 6) is -0.00107. The van der Waals surface area contributed by atoms with Gasteiger partial charge in [0.05, 0.1) is 17.5 Å². The zero-order valence-corrected chi connectivity index (χ0v) is 17.7. The highest BCUT2D eigenvalue weighted by molar-refractivity contribution is 7.91. The molecule has 1 aromatic rings. The highest BCUT2D eigenvalue weighted by Crippen LogP contribution is 2.20. The normalized spacial score (nSPS) is 24.7. The van der Waals surface area contributed by atoms with Crippen molar-refractivity contribution in [1.82, 2.24) is 19.1 Å². The fourth-order valence-corrected chi connectivity index (χ4v) is 6.85. The lowest BCUT2D eigenvalue weighted by Gasteiger charge is -2.38. The lowest BCUT2D eigenvalue weighted by atomic mass is 10.1. The summed E-state index contributed by atoms with van der Waals surface area (Å²) < 4.78 is 50.1. The van der Waals surface area contributed by atoms with Crippen LogP contribution in [0.5, 0.6) is 0 Å². The predicted octanol–water partition coefficient (Wildman–Crippen LogP) is -0.578. The van der Waals surface area contributed by atoms with Gasteiger partial charge in [-0.25, -0.2) is 16.8 Å². The monoisotopic (exact) mass is 430 g/mol. The van der Waals surface area contributed by atoms with Crippen LogP contribution in [0.4, 0.5) is 0 Å². The van der Waals surface area contributed by atoms with Crippen LogP contribution in [-0.4, -0.2) is 98.6 Å². The molecule has 0 bridgehead atoms. The molecule has 2 unspecified atom stereocenters. The van der Waals surface area contributed by atoms with Gasteiger partial charge in [-0.2, -0.15) is 4.31 Å². The standard InChI is InChI=1S/C17H26N4O5S2/c1-14(17(22)19(2)15-5-11-27(23,24)13-15)20-7-9-21(10-8-20)28(25,26)16-4-3-6-18-12-16/h3-4,6,12,14-15H,5,7-11,13H2,1-2H3. The van der Waals surface area contributed by atoms with E-state index in [2.05, 4.69) is 4.98 Å². The smallest absolute Gasteiger partial charge is 0.244 e. The second kappa shape index (κ2) is 8.05. The number of likely N-dealkylation sites (N-methyl/N-ethyl adjacent to an activating group) is 1. The topological polar surface area (TPSA) is 108 Å². The molecule has 28 heavy (non-hydrogen) atoms. The quantitative estimate of drug-likeness (QED) is 0.615. The van der Waals surface area contributed by atoms with Crippen molar-refractivity contribution in [2.45, 2.75) is 30.3 Å². The molecule has 156 valence electrons. The van der Waals surface area contributed by atoms with Crippen LogP contribution in [0.2, 0.25) is 0 Å². The van der Waals surface area contributed by atoms with E-state index in [1.807, 2.05) is 4.90 Å². The van der Waals surface area contributed by atoms with Crippen LogP contribution in [0.1, 0.15) is 13.3 Å². The fraction of sp³-hybridized carbons (Fsp3) is 0.647. The van der Waals surface area contributed by atoms with Crippen molar-refractivity contribution in [1.29, 1.82) is 0 Å². The SMILES string of the molecule is CC(C(=O)N(C)C1CCS(=O)(=O)C1)N1CCN(S(=O)(=O)c2cccnc2)CC1. The highest BCUT2D eigenvalue weighted by Gasteiger charge is 2.37. The summed E-state index contributed by atoms with van der Waals surface area (Å²) in [6, 6.07) is 2.39. The predicted molar refractivity (Wildman–Crippen MR) is 104 cm³/mol. The van der Waals surface area contributed by atoms with Crippen LogP contribution in [-0.2, 0) is 24.7 Å². The third-order valence-electron chi connectivity index (χ3n) is 5.55. The van der Waals surface area contributed by atoms with Crippen LogP contribution in [0, 0.1) is 0 Å². The van der Waals surface area contributed by atoms with Crippen molar-refractivity contribution < 1.29 is 21.6 Å². The van der Waals surface area contributed by atoms with Crippen LogP contribution in [0.25, 0.3) is 0 Å². The molecule has 2 saturated heterocycles. The number of carbonyl (C=O) groups is 1. The van der Waals surface area contributed by atoms with Crippen molar-refractivity contribution >= 4 is 25.8 Å². The molecular weight excluding hydrogens is 404 g/mol. The van der Waals surface area contributed by atoms with Crippen molar-refractivity contribution in [3.05, 3.63) is 24.5 Å². The molecule has 1 amide bonds. The lowest BCUT2D eigenvalue weighted by Crippen LogP contribution is -2.56. The van der Waals surface area contributed by atoms with Gasteiger partial charge in [-0.1, -0.05) is 0 Å². The first-order valence-electron chi connectivity index (χ1n) is 9.23. The van der Waals surface area contributed by atoms with Gasteiger partial charge in [0.15, 0.2) is 9.84 Å². The largest absolute Gasteiger partial charge is 0.340 e. The van der Waals surface area contributed by atoms with E-state index >= 15 is 0 Å². The van der Waals surface area contributed by atoms with Gasteiger partial charge in [-0.05, 0) is 25.5 Å². The van der Waals surface area contributed by atoms with Gasteiger partial charge in [0.25, 0.3) is 0 Å². The van der Waals surface area contributed by atoms with E-state index in [4.69, 9.17) is 0 Å². The number of sulfone groups is 1. The van der Waals surface area contributed by atoms with Gasteiger partial charge in [-0.3, -0.25) is 14.7 Å². The number of hydrogen-bond acceptors (Lipinski definition) is 7. The summed E-state index contributed by atoms with van der Waals surface area (Å²) in [7, 11) is -5.01. The Bertz CT molecular complexity index is 912. The molecule has 0 saturated carbocycles. The van der Waals surface area contributed by atoms with E-state index in [0.717, 1.165) is 0 Å². The van der Waals surface area contributed by atoms with Crippen LogP contribution in [0.15, 0.2) is 29.4 Å². The number of sulfonamides is 1. The average Bonchev–Trinajstić information content (AvgIpc) is 3.06. The number of nitrogens with zero attached hydrogens (tertiary/aromatic N) is 4. The summed E-state index contributed by atoms with van der Waals surface area (Å²) in [6.45, 7) is 3.23. The third-order valence-corrected chi connectivity index (χ3v) is 9.19. The Morgan fingerprint density at radius 1 is 1.29 bits per heavy atom. The van der Waals surface area contributed by atoms with Gasteiger partial charge in [0.1, 0.15) is 4.90 Å². The second-order valence-electron chi connectivity index (χ2n) is 7.31. The molecule has 3 rings (SSSR count). The van der Waals surface area contributed by atoms with Gasteiger partial charge in [0, 0.05) is 51.7 Å². The van der Waals surface area contributed by atoms with Crippen molar-refractivity contribution in [3.63, 3.8) is 0 Å². The maximum absolute atomic E-state index is 12.8. The van der Waals surface area contributed by atoms with E-state index in [-0.39, 0.29) is 41.4 Å². The number of rotatable bonds is 5. The van der Waals surface area contributed by atoms with Crippen LogP contribution >= 0.6 is 0 Å². The van der Waals surface area contributed by atoms with E-state index in [9.17, 15) is 21.6 Å². The van der Waals surface area contributed by atoms with Crippen LogP contribution < -0.4 is 0 Å². The molecule has 0 radical (unpaired) electrons. The number of piperazine rings is 1. The minimum absolute atomic E-state index is 0.0130. The average molecular weight is 431 g/mol. The van der Waals surface area contributed by atoms with E-state index in [0.29, 0.717) is 19.5 Å². The molecule has 0 aliphatic carbocycles. The van der Waals surface area contributed by atoms with Gasteiger partial charge in [0.2, 0.25) is 15.9 Å².